The molecule has 16 nitrogen and oxygen atoms in total. The van der Waals surface area contributed by atoms with Gasteiger partial charge in [-0.25, -0.2) is 20.2 Å². The number of hydrogen-bond acceptors (Lipinski definition) is 4. The first-order valence-corrected chi connectivity index (χ1v) is 3.40. The van der Waals surface area contributed by atoms with Gasteiger partial charge in [0.05, 0.1) is 10.2 Å². The van der Waals surface area contributed by atoms with Gasteiger partial charge in [0.1, 0.15) is 0 Å². The fourth-order valence-electron chi connectivity index (χ4n) is 0.299. The molecule has 0 saturated carbocycles. The van der Waals surface area contributed by atoms with Gasteiger partial charge in [0.15, 0.2) is 10.1 Å². The van der Waals surface area contributed by atoms with Crippen LogP contribution < -0.4 is 11.5 Å². The smallest absolute Gasteiger partial charge is 0.261 e. The molecular formula is C2H4N12O4. The molecule has 18 heavy (non-hydrogen) atoms. The van der Waals surface area contributed by atoms with Gasteiger partial charge in [0, 0.05) is 9.82 Å². The minimum atomic E-state index is -1.05. The van der Waals surface area contributed by atoms with Crippen LogP contribution in [0.25, 0.3) is 20.9 Å². The largest absolute Gasteiger partial charge is 0.377 e. The molecule has 0 heterocycles. The Bertz CT molecular complexity index is 418. The van der Waals surface area contributed by atoms with Crippen LogP contribution in [0.3, 0.4) is 0 Å². The molecule has 0 aliphatic rings. The van der Waals surface area contributed by atoms with Gasteiger partial charge in [0.25, 0.3) is 11.9 Å². The minimum absolute atomic E-state index is 0.706. The highest BCUT2D eigenvalue weighted by atomic mass is 16.7. The van der Waals surface area contributed by atoms with E-state index in [1.165, 1.54) is 0 Å². The van der Waals surface area contributed by atoms with Gasteiger partial charge in [-0.1, -0.05) is 0 Å². The molecule has 0 amide bonds. The van der Waals surface area contributed by atoms with Crippen molar-refractivity contribution in [2.24, 2.45) is 31.9 Å². The van der Waals surface area contributed by atoms with Crippen LogP contribution in [0.15, 0.2) is 20.4 Å². The van der Waals surface area contributed by atoms with Gasteiger partial charge in [0.2, 0.25) is 0 Å². The Hall–Kier alpha value is -3.64. The van der Waals surface area contributed by atoms with Crippen LogP contribution in [-0.4, -0.2) is 22.0 Å². The summed E-state index contributed by atoms with van der Waals surface area (Å²) in [5.41, 5.74) is 24.6. The monoisotopic (exact) mass is 260 g/mol. The lowest BCUT2D eigenvalue weighted by Gasteiger charge is -1.77. The summed E-state index contributed by atoms with van der Waals surface area (Å²) < 4.78 is 0. The van der Waals surface area contributed by atoms with Crippen molar-refractivity contribution >= 4 is 11.9 Å². The lowest BCUT2D eigenvalue weighted by molar-refractivity contribution is -0.485. The number of hydrazone groups is 2. The van der Waals surface area contributed by atoms with E-state index in [9.17, 15) is 20.2 Å². The zero-order valence-corrected chi connectivity index (χ0v) is 8.26. The fourth-order valence-corrected chi connectivity index (χ4v) is 0.299. The van der Waals surface area contributed by atoms with Gasteiger partial charge < -0.3 is 11.5 Å². The maximum atomic E-state index is 9.44. The molecule has 0 atom stereocenters. The standard InChI is InChI=1S/2CH2N6O2/c2*2-1(4-6-3)5-7(8)9/h2*(H2,2,5). The third-order valence-electron chi connectivity index (χ3n) is 0.663. The maximum absolute atomic E-state index is 9.44. The Morgan fingerprint density at radius 1 is 0.944 bits per heavy atom. The van der Waals surface area contributed by atoms with E-state index >= 15 is 0 Å². The van der Waals surface area contributed by atoms with E-state index in [2.05, 4.69) is 41.7 Å². The molecule has 0 spiro atoms. The average molecular weight is 260 g/mol. The van der Waals surface area contributed by atoms with Gasteiger partial charge >= 0.3 is 0 Å². The highest BCUT2D eigenvalue weighted by Gasteiger charge is 1.92. The summed E-state index contributed by atoms with van der Waals surface area (Å²) in [6.07, 6.45) is 0. The van der Waals surface area contributed by atoms with E-state index in [1.54, 1.807) is 0 Å². The van der Waals surface area contributed by atoms with Crippen molar-refractivity contribution in [2.45, 2.75) is 0 Å². The summed E-state index contributed by atoms with van der Waals surface area (Å²) >= 11 is 0. The van der Waals surface area contributed by atoms with E-state index < -0.39 is 22.0 Å². The first-order valence-electron chi connectivity index (χ1n) is 3.40. The molecule has 0 rings (SSSR count). The normalized spacial score (nSPS) is 10.0. The maximum Gasteiger partial charge on any atom is 0.261 e. The predicted molar refractivity (Wildman–Crippen MR) is 55.5 cm³/mol. The van der Waals surface area contributed by atoms with Gasteiger partial charge in [-0.2, -0.15) is 0 Å². The Labute approximate surface area is 96.1 Å². The number of rotatable bonds is 2. The van der Waals surface area contributed by atoms with Crippen LogP contribution in [0.1, 0.15) is 0 Å². The molecule has 0 aromatic carbocycles. The highest BCUT2D eigenvalue weighted by molar-refractivity contribution is 5.78. The van der Waals surface area contributed by atoms with Crippen LogP contribution >= 0.6 is 0 Å². The summed E-state index contributed by atoms with van der Waals surface area (Å²) in [6.45, 7) is 0. The Morgan fingerprint density at radius 2 is 1.22 bits per heavy atom. The second-order valence-corrected chi connectivity index (χ2v) is 1.77. The van der Waals surface area contributed by atoms with Crippen molar-refractivity contribution < 1.29 is 10.1 Å². The van der Waals surface area contributed by atoms with Crippen molar-refractivity contribution in [3.63, 3.8) is 0 Å². The predicted octanol–water partition coefficient (Wildman–Crippen LogP) is -0.394. The summed E-state index contributed by atoms with van der Waals surface area (Å²) in [5.74, 6) is -1.41. The van der Waals surface area contributed by atoms with E-state index in [4.69, 9.17) is 11.1 Å². The summed E-state index contributed by atoms with van der Waals surface area (Å²) in [5, 5.41) is 27.0. The van der Waals surface area contributed by atoms with Crippen LogP contribution in [0.5, 0.6) is 0 Å². The van der Waals surface area contributed by atoms with E-state index in [0.29, 0.717) is 0 Å². The first-order chi connectivity index (χ1) is 8.33. The number of hydrogen-bond donors (Lipinski definition) is 2. The topological polar surface area (TPSA) is 261 Å². The van der Waals surface area contributed by atoms with Crippen molar-refractivity contribution in [3.05, 3.63) is 41.1 Å². The number of nitro groups is 2. The van der Waals surface area contributed by atoms with Crippen LogP contribution in [0, 0.1) is 20.2 Å². The zero-order chi connectivity index (χ0) is 14.6. The molecule has 0 bridgehead atoms. The Balaban J connectivity index is 0. The summed E-state index contributed by atoms with van der Waals surface area (Å²) in [6, 6.07) is 0. The van der Waals surface area contributed by atoms with Crippen molar-refractivity contribution in [1.82, 2.24) is 0 Å². The molecule has 4 N–H and O–H groups in total. The molecule has 96 valence electrons. The molecule has 0 aromatic heterocycles. The van der Waals surface area contributed by atoms with Gasteiger partial charge in [-0.3, -0.25) is 0 Å². The van der Waals surface area contributed by atoms with Crippen LogP contribution in [-0.2, 0) is 0 Å². The zero-order valence-electron chi connectivity index (χ0n) is 8.26. The number of azide groups is 2. The van der Waals surface area contributed by atoms with E-state index in [0.717, 1.165) is 0 Å². The molecular weight excluding hydrogens is 256 g/mol. The summed E-state index contributed by atoms with van der Waals surface area (Å²) in [7, 11) is 0. The van der Waals surface area contributed by atoms with Gasteiger partial charge in [-0.05, 0) is 21.3 Å². The minimum Gasteiger partial charge on any atom is -0.377 e. The highest BCUT2D eigenvalue weighted by Crippen LogP contribution is 1.74. The SMILES string of the molecule is [N-]=[N+]=N/C(N)=N/[N+](=O)[O-].[N-]=[N+]=N/C(N)=N/[N+](=O)[O-]. The molecule has 16 heteroatoms. The Morgan fingerprint density at radius 3 is 1.39 bits per heavy atom. The molecule has 0 unspecified atom stereocenters. The third kappa shape index (κ3) is 14.9. The second kappa shape index (κ2) is 9.90. The summed E-state index contributed by atoms with van der Waals surface area (Å²) in [4.78, 5) is 23.2. The molecule has 0 saturated heterocycles. The molecule has 0 radical (unpaired) electrons. The van der Waals surface area contributed by atoms with E-state index in [-0.39, 0.29) is 0 Å². The van der Waals surface area contributed by atoms with Crippen LogP contribution in [0.4, 0.5) is 0 Å². The molecule has 0 fully saturated rings. The quantitative estimate of drug-likeness (QED) is 0.127. The molecule has 0 aliphatic carbocycles. The average Bonchev–Trinajstić information content (AvgIpc) is 2.16. The fraction of sp³-hybridized carbons (Fsp3) is 0. The van der Waals surface area contributed by atoms with E-state index in [1.807, 2.05) is 0 Å². The Kier molecular flexibility index (Phi) is 9.23. The van der Waals surface area contributed by atoms with Crippen LogP contribution in [0.2, 0.25) is 0 Å². The molecule has 0 aromatic rings. The van der Waals surface area contributed by atoms with Crippen molar-refractivity contribution in [2.75, 3.05) is 0 Å². The van der Waals surface area contributed by atoms with Gasteiger partial charge in [-0.15, -0.1) is 0 Å². The third-order valence-corrected chi connectivity index (χ3v) is 0.663. The number of guanidine groups is 2. The number of nitrogens with zero attached hydrogens (tertiary/aromatic N) is 10. The lowest BCUT2D eigenvalue weighted by Crippen LogP contribution is -2.09. The first kappa shape index (κ1) is 16.8. The van der Waals surface area contributed by atoms with Crippen molar-refractivity contribution in [1.29, 1.82) is 0 Å². The number of nitrogens with two attached hydrogens (primary N) is 2. The molecule has 0 aliphatic heterocycles. The lowest BCUT2D eigenvalue weighted by atomic mass is 11.1. The van der Waals surface area contributed by atoms with Crippen molar-refractivity contribution in [3.8, 4) is 0 Å². The second-order valence-electron chi connectivity index (χ2n) is 1.77.